The fourth-order valence-electron chi connectivity index (χ4n) is 1.20. The smallest absolute Gasteiger partial charge is 0.306 e. The zero-order valence-corrected chi connectivity index (χ0v) is 11.1. The molecule has 0 bridgehead atoms. The van der Waals surface area contributed by atoms with Gasteiger partial charge in [-0.25, -0.2) is 0 Å². The minimum Gasteiger partial charge on any atom is -0.461 e. The predicted molar refractivity (Wildman–Crippen MR) is 72.3 cm³/mol. The van der Waals surface area contributed by atoms with Crippen LogP contribution >= 0.6 is 11.8 Å². The number of hydrogen-bond acceptors (Lipinski definition) is 3. The second kappa shape index (κ2) is 7.96. The molecule has 17 heavy (non-hydrogen) atoms. The van der Waals surface area contributed by atoms with E-state index in [4.69, 9.17) is 4.74 Å². The molecule has 92 valence electrons. The van der Waals surface area contributed by atoms with Crippen LogP contribution in [0.1, 0.15) is 18.9 Å². The van der Waals surface area contributed by atoms with Gasteiger partial charge in [0.05, 0.1) is 6.42 Å². The Morgan fingerprint density at radius 1 is 1.35 bits per heavy atom. The maximum Gasteiger partial charge on any atom is 0.306 e. The van der Waals surface area contributed by atoms with Gasteiger partial charge in [0.25, 0.3) is 0 Å². The molecule has 0 atom stereocenters. The molecule has 1 aromatic rings. The van der Waals surface area contributed by atoms with Crippen molar-refractivity contribution in [1.29, 1.82) is 0 Å². The number of esters is 1. The molecule has 0 amide bonds. The average molecular weight is 250 g/mol. The van der Waals surface area contributed by atoms with Gasteiger partial charge in [0.2, 0.25) is 0 Å². The summed E-state index contributed by atoms with van der Waals surface area (Å²) in [4.78, 5) is 12.5. The SMILES string of the molecule is C/C=C/COC(=O)CCSc1ccc(C)cc1. The second-order valence-corrected chi connectivity index (χ2v) is 4.83. The van der Waals surface area contributed by atoms with Crippen molar-refractivity contribution in [3.05, 3.63) is 42.0 Å². The maximum atomic E-state index is 11.3. The van der Waals surface area contributed by atoms with Crippen LogP contribution in [0.5, 0.6) is 0 Å². The quantitative estimate of drug-likeness (QED) is 0.438. The highest BCUT2D eigenvalue weighted by molar-refractivity contribution is 7.99. The van der Waals surface area contributed by atoms with Crippen molar-refractivity contribution < 1.29 is 9.53 Å². The van der Waals surface area contributed by atoms with Gasteiger partial charge in [-0.1, -0.05) is 29.8 Å². The summed E-state index contributed by atoms with van der Waals surface area (Å²) in [6.45, 7) is 4.35. The van der Waals surface area contributed by atoms with Crippen LogP contribution in [0.15, 0.2) is 41.3 Å². The van der Waals surface area contributed by atoms with Crippen molar-refractivity contribution in [2.24, 2.45) is 0 Å². The van der Waals surface area contributed by atoms with Crippen molar-refractivity contribution >= 4 is 17.7 Å². The molecule has 0 saturated carbocycles. The Kier molecular flexibility index (Phi) is 6.48. The molecule has 0 radical (unpaired) electrons. The summed E-state index contributed by atoms with van der Waals surface area (Å²) in [5.41, 5.74) is 1.25. The third-order valence-corrected chi connectivity index (χ3v) is 3.19. The molecular weight excluding hydrogens is 232 g/mol. The molecular formula is C14H18O2S. The lowest BCUT2D eigenvalue weighted by molar-refractivity contribution is -0.141. The molecule has 1 aromatic carbocycles. The number of thioether (sulfide) groups is 1. The van der Waals surface area contributed by atoms with Crippen LogP contribution in [0.4, 0.5) is 0 Å². The van der Waals surface area contributed by atoms with Crippen LogP contribution in [0.3, 0.4) is 0 Å². The number of rotatable bonds is 6. The van der Waals surface area contributed by atoms with E-state index < -0.39 is 0 Å². The fraction of sp³-hybridized carbons (Fsp3) is 0.357. The zero-order valence-electron chi connectivity index (χ0n) is 10.3. The van der Waals surface area contributed by atoms with E-state index in [2.05, 4.69) is 31.2 Å². The summed E-state index contributed by atoms with van der Waals surface area (Å²) in [6.07, 6.45) is 4.15. The van der Waals surface area contributed by atoms with E-state index in [1.165, 1.54) is 10.5 Å². The van der Waals surface area contributed by atoms with E-state index in [0.717, 1.165) is 5.75 Å². The number of aryl methyl sites for hydroxylation is 1. The van der Waals surface area contributed by atoms with Gasteiger partial charge in [-0.2, -0.15) is 0 Å². The molecule has 0 heterocycles. The van der Waals surface area contributed by atoms with Gasteiger partial charge in [-0.15, -0.1) is 11.8 Å². The van der Waals surface area contributed by atoms with E-state index in [-0.39, 0.29) is 5.97 Å². The summed E-state index contributed by atoms with van der Waals surface area (Å²) in [7, 11) is 0. The Morgan fingerprint density at radius 2 is 2.06 bits per heavy atom. The molecule has 0 aromatic heterocycles. The van der Waals surface area contributed by atoms with Gasteiger partial charge in [0.15, 0.2) is 0 Å². The predicted octanol–water partition coefficient (Wildman–Crippen LogP) is 3.60. The molecule has 2 nitrogen and oxygen atoms in total. The van der Waals surface area contributed by atoms with Crippen molar-refractivity contribution in [2.45, 2.75) is 25.2 Å². The maximum absolute atomic E-state index is 11.3. The lowest BCUT2D eigenvalue weighted by atomic mass is 10.2. The molecule has 0 aliphatic heterocycles. The molecule has 0 saturated heterocycles. The van der Waals surface area contributed by atoms with Gasteiger partial charge in [-0.3, -0.25) is 4.79 Å². The Balaban J connectivity index is 2.19. The molecule has 3 heteroatoms. The first kappa shape index (κ1) is 13.8. The molecule has 0 fully saturated rings. The Hall–Kier alpha value is -1.22. The summed E-state index contributed by atoms with van der Waals surface area (Å²) in [5, 5.41) is 0. The summed E-state index contributed by atoms with van der Waals surface area (Å²) < 4.78 is 5.00. The van der Waals surface area contributed by atoms with Crippen molar-refractivity contribution in [3.8, 4) is 0 Å². The highest BCUT2D eigenvalue weighted by atomic mass is 32.2. The van der Waals surface area contributed by atoms with Crippen LogP contribution in [0.2, 0.25) is 0 Å². The lowest BCUT2D eigenvalue weighted by Gasteiger charge is -2.02. The number of carbonyl (C=O) groups is 1. The van der Waals surface area contributed by atoms with E-state index in [0.29, 0.717) is 13.0 Å². The average Bonchev–Trinajstić information content (AvgIpc) is 2.32. The minimum atomic E-state index is -0.136. The molecule has 0 aliphatic carbocycles. The van der Waals surface area contributed by atoms with E-state index in [9.17, 15) is 4.79 Å². The number of benzene rings is 1. The van der Waals surface area contributed by atoms with Crippen molar-refractivity contribution in [2.75, 3.05) is 12.4 Å². The number of allylic oxidation sites excluding steroid dienone is 1. The second-order valence-electron chi connectivity index (χ2n) is 3.66. The van der Waals surface area contributed by atoms with Crippen LogP contribution < -0.4 is 0 Å². The van der Waals surface area contributed by atoms with Gasteiger partial charge in [0, 0.05) is 10.6 Å². The molecule has 1 rings (SSSR count). The third kappa shape index (κ3) is 6.17. The number of carbonyl (C=O) groups excluding carboxylic acids is 1. The van der Waals surface area contributed by atoms with E-state index in [1.807, 2.05) is 19.1 Å². The van der Waals surface area contributed by atoms with Crippen LogP contribution in [-0.2, 0) is 9.53 Å². The summed E-state index contributed by atoms with van der Waals surface area (Å²) >= 11 is 1.68. The Labute approximate surface area is 107 Å². The van der Waals surface area contributed by atoms with Gasteiger partial charge in [-0.05, 0) is 26.0 Å². The van der Waals surface area contributed by atoms with Crippen LogP contribution in [0, 0.1) is 6.92 Å². The van der Waals surface area contributed by atoms with Gasteiger partial charge < -0.3 is 4.74 Å². The van der Waals surface area contributed by atoms with Crippen LogP contribution in [0.25, 0.3) is 0 Å². The highest BCUT2D eigenvalue weighted by Crippen LogP contribution is 2.19. The highest BCUT2D eigenvalue weighted by Gasteiger charge is 2.02. The van der Waals surface area contributed by atoms with E-state index in [1.54, 1.807) is 11.8 Å². The normalized spacial score (nSPS) is 10.7. The fourth-order valence-corrected chi connectivity index (χ4v) is 2.03. The first-order valence-corrected chi connectivity index (χ1v) is 6.67. The standard InChI is InChI=1S/C14H18O2S/c1-3-4-10-16-14(15)9-11-17-13-7-5-12(2)6-8-13/h3-8H,9-11H2,1-2H3/b4-3+. The summed E-state index contributed by atoms with van der Waals surface area (Å²) in [5.74, 6) is 0.625. The Bertz CT molecular complexity index is 368. The number of ether oxygens (including phenoxy) is 1. The Morgan fingerprint density at radius 3 is 2.71 bits per heavy atom. The lowest BCUT2D eigenvalue weighted by Crippen LogP contribution is -2.05. The number of hydrogen-bond donors (Lipinski definition) is 0. The third-order valence-electron chi connectivity index (χ3n) is 2.17. The monoisotopic (exact) mass is 250 g/mol. The van der Waals surface area contributed by atoms with Gasteiger partial charge >= 0.3 is 5.97 Å². The summed E-state index contributed by atoms with van der Waals surface area (Å²) in [6, 6.07) is 8.30. The molecule has 0 spiro atoms. The largest absolute Gasteiger partial charge is 0.461 e. The van der Waals surface area contributed by atoms with Crippen molar-refractivity contribution in [3.63, 3.8) is 0 Å². The zero-order chi connectivity index (χ0) is 12.5. The topological polar surface area (TPSA) is 26.3 Å². The van der Waals surface area contributed by atoms with Crippen LogP contribution in [-0.4, -0.2) is 18.3 Å². The first-order valence-electron chi connectivity index (χ1n) is 5.68. The molecule has 0 aliphatic rings. The first-order chi connectivity index (χ1) is 8.22. The molecule has 0 N–H and O–H groups in total. The van der Waals surface area contributed by atoms with Gasteiger partial charge in [0.1, 0.15) is 6.61 Å². The molecule has 0 unspecified atom stereocenters. The minimum absolute atomic E-state index is 0.136. The van der Waals surface area contributed by atoms with E-state index >= 15 is 0 Å². The van der Waals surface area contributed by atoms with Crippen molar-refractivity contribution in [1.82, 2.24) is 0 Å².